The Bertz CT molecular complexity index is 503. The molecule has 17 heavy (non-hydrogen) atoms. The highest BCUT2D eigenvalue weighted by Gasteiger charge is 2.12. The van der Waals surface area contributed by atoms with Crippen molar-refractivity contribution in [3.63, 3.8) is 0 Å². The number of hydrogen-bond acceptors (Lipinski definition) is 4. The van der Waals surface area contributed by atoms with Crippen molar-refractivity contribution in [1.82, 2.24) is 25.1 Å². The normalized spacial score (nSPS) is 10.2. The molecule has 0 saturated heterocycles. The van der Waals surface area contributed by atoms with Crippen molar-refractivity contribution in [3.05, 3.63) is 30.0 Å². The minimum absolute atomic E-state index is 0.251. The monoisotopic (exact) mass is 235 g/mol. The molecule has 90 valence electrons. The van der Waals surface area contributed by atoms with Gasteiger partial charge in [-0.15, -0.1) is 0 Å². The minimum atomic E-state index is -0.251. The standard InChI is InChI=1S/C10H13N5O2/c1-15-9(17-2)3-8(14-15)10(16)12-5-7-4-11-6-13-7/h3-4,6H,5H2,1-2H3,(H,11,13)(H,12,16). The predicted octanol–water partition coefficient (Wildman–Crippen LogP) is 0.0818. The van der Waals surface area contributed by atoms with E-state index in [9.17, 15) is 4.79 Å². The van der Waals surface area contributed by atoms with Crippen LogP contribution in [-0.4, -0.2) is 32.8 Å². The van der Waals surface area contributed by atoms with E-state index in [0.29, 0.717) is 18.1 Å². The number of aromatic nitrogens is 4. The zero-order chi connectivity index (χ0) is 12.3. The van der Waals surface area contributed by atoms with Crippen LogP contribution in [0.3, 0.4) is 0 Å². The van der Waals surface area contributed by atoms with Crippen LogP contribution in [0.15, 0.2) is 18.6 Å². The Hall–Kier alpha value is -2.31. The number of amides is 1. The highest BCUT2D eigenvalue weighted by atomic mass is 16.5. The van der Waals surface area contributed by atoms with Crippen LogP contribution in [0.2, 0.25) is 0 Å². The van der Waals surface area contributed by atoms with Gasteiger partial charge in [0, 0.05) is 19.3 Å². The summed E-state index contributed by atoms with van der Waals surface area (Å²) in [6, 6.07) is 1.59. The number of nitrogens with one attached hydrogen (secondary N) is 2. The fourth-order valence-corrected chi connectivity index (χ4v) is 1.40. The fraction of sp³-hybridized carbons (Fsp3) is 0.300. The highest BCUT2D eigenvalue weighted by molar-refractivity contribution is 5.92. The summed E-state index contributed by atoms with van der Waals surface area (Å²) in [5.41, 5.74) is 1.16. The minimum Gasteiger partial charge on any atom is -0.481 e. The van der Waals surface area contributed by atoms with Gasteiger partial charge in [-0.1, -0.05) is 0 Å². The summed E-state index contributed by atoms with van der Waals surface area (Å²) in [6.07, 6.45) is 3.21. The third-order valence-electron chi connectivity index (χ3n) is 2.27. The van der Waals surface area contributed by atoms with E-state index in [2.05, 4.69) is 20.4 Å². The number of nitrogens with zero attached hydrogens (tertiary/aromatic N) is 3. The smallest absolute Gasteiger partial charge is 0.272 e. The summed E-state index contributed by atoms with van der Waals surface area (Å²) >= 11 is 0. The van der Waals surface area contributed by atoms with E-state index in [0.717, 1.165) is 5.69 Å². The molecular weight excluding hydrogens is 222 g/mol. The Labute approximate surface area is 97.8 Å². The molecule has 0 aromatic carbocycles. The largest absolute Gasteiger partial charge is 0.481 e. The maximum absolute atomic E-state index is 11.7. The molecule has 0 unspecified atom stereocenters. The number of carbonyl (C=O) groups is 1. The quantitative estimate of drug-likeness (QED) is 0.786. The molecule has 0 atom stereocenters. The third kappa shape index (κ3) is 2.44. The van der Waals surface area contributed by atoms with Crippen LogP contribution in [0.1, 0.15) is 16.2 Å². The lowest BCUT2D eigenvalue weighted by molar-refractivity contribution is 0.0944. The third-order valence-corrected chi connectivity index (χ3v) is 2.27. The first-order chi connectivity index (χ1) is 8.20. The zero-order valence-electron chi connectivity index (χ0n) is 9.60. The van der Waals surface area contributed by atoms with Gasteiger partial charge < -0.3 is 15.0 Å². The molecule has 2 aromatic rings. The van der Waals surface area contributed by atoms with Crippen molar-refractivity contribution in [1.29, 1.82) is 0 Å². The summed E-state index contributed by atoms with van der Waals surface area (Å²) < 4.78 is 6.54. The van der Waals surface area contributed by atoms with Crippen molar-refractivity contribution in [3.8, 4) is 5.88 Å². The van der Waals surface area contributed by atoms with Gasteiger partial charge in [-0.2, -0.15) is 5.10 Å². The molecule has 2 N–H and O–H groups in total. The first-order valence-corrected chi connectivity index (χ1v) is 5.04. The molecule has 0 aliphatic carbocycles. The van der Waals surface area contributed by atoms with Gasteiger partial charge in [0.15, 0.2) is 5.69 Å². The van der Waals surface area contributed by atoms with Crippen molar-refractivity contribution in [2.75, 3.05) is 7.11 Å². The van der Waals surface area contributed by atoms with Gasteiger partial charge in [0.05, 0.1) is 25.7 Å². The molecule has 2 aromatic heterocycles. The van der Waals surface area contributed by atoms with Crippen molar-refractivity contribution >= 4 is 5.91 Å². The summed E-state index contributed by atoms with van der Waals surface area (Å²) in [6.45, 7) is 0.387. The van der Waals surface area contributed by atoms with Crippen LogP contribution >= 0.6 is 0 Å². The molecule has 2 rings (SSSR count). The van der Waals surface area contributed by atoms with Crippen LogP contribution in [-0.2, 0) is 13.6 Å². The Balaban J connectivity index is 1.99. The van der Waals surface area contributed by atoms with E-state index in [1.165, 1.54) is 11.8 Å². The second kappa shape index (κ2) is 4.69. The van der Waals surface area contributed by atoms with Gasteiger partial charge >= 0.3 is 0 Å². The van der Waals surface area contributed by atoms with Crippen LogP contribution in [0.5, 0.6) is 5.88 Å². The van der Waals surface area contributed by atoms with E-state index in [1.807, 2.05) is 0 Å². The number of hydrogen-bond donors (Lipinski definition) is 2. The lowest BCUT2D eigenvalue weighted by Crippen LogP contribution is -2.23. The second-order valence-corrected chi connectivity index (χ2v) is 3.46. The first-order valence-electron chi connectivity index (χ1n) is 5.04. The molecule has 0 saturated carbocycles. The number of carbonyl (C=O) groups excluding carboxylic acids is 1. The van der Waals surface area contributed by atoms with Crippen molar-refractivity contribution < 1.29 is 9.53 Å². The van der Waals surface area contributed by atoms with Crippen LogP contribution in [0, 0.1) is 0 Å². The topological polar surface area (TPSA) is 84.8 Å². The first kappa shape index (κ1) is 11.2. The molecule has 0 aliphatic heterocycles. The molecule has 0 fully saturated rings. The SMILES string of the molecule is COc1cc(C(=O)NCc2cnc[nH]2)nn1C. The molecule has 0 bridgehead atoms. The average molecular weight is 235 g/mol. The predicted molar refractivity (Wildman–Crippen MR) is 59.5 cm³/mol. The zero-order valence-corrected chi connectivity index (χ0v) is 9.60. The fourth-order valence-electron chi connectivity index (χ4n) is 1.40. The van der Waals surface area contributed by atoms with Crippen molar-refractivity contribution in [2.24, 2.45) is 7.05 Å². The second-order valence-electron chi connectivity index (χ2n) is 3.46. The number of H-pyrrole nitrogens is 1. The molecule has 7 heteroatoms. The van der Waals surface area contributed by atoms with Crippen molar-refractivity contribution in [2.45, 2.75) is 6.54 Å². The van der Waals surface area contributed by atoms with Gasteiger partial charge in [0.1, 0.15) is 0 Å². The highest BCUT2D eigenvalue weighted by Crippen LogP contribution is 2.10. The van der Waals surface area contributed by atoms with E-state index in [1.54, 1.807) is 25.6 Å². The Kier molecular flexibility index (Phi) is 3.08. The molecule has 7 nitrogen and oxygen atoms in total. The van der Waals surface area contributed by atoms with E-state index < -0.39 is 0 Å². The Morgan fingerprint density at radius 1 is 1.65 bits per heavy atom. The van der Waals surface area contributed by atoms with Crippen LogP contribution < -0.4 is 10.1 Å². The number of methoxy groups -OCH3 is 1. The molecule has 0 aliphatic rings. The van der Waals surface area contributed by atoms with Gasteiger partial charge in [-0.25, -0.2) is 9.67 Å². The van der Waals surface area contributed by atoms with Crippen LogP contribution in [0.4, 0.5) is 0 Å². The van der Waals surface area contributed by atoms with Gasteiger partial charge in [-0.05, 0) is 0 Å². The summed E-state index contributed by atoms with van der Waals surface area (Å²) in [7, 11) is 3.24. The van der Waals surface area contributed by atoms with E-state index >= 15 is 0 Å². The van der Waals surface area contributed by atoms with Gasteiger partial charge in [-0.3, -0.25) is 4.79 Å². The average Bonchev–Trinajstić information content (AvgIpc) is 2.94. The van der Waals surface area contributed by atoms with Gasteiger partial charge in [0.25, 0.3) is 5.91 Å². The van der Waals surface area contributed by atoms with Gasteiger partial charge in [0.2, 0.25) is 5.88 Å². The number of imidazole rings is 1. The Morgan fingerprint density at radius 2 is 2.47 bits per heavy atom. The Morgan fingerprint density at radius 3 is 3.06 bits per heavy atom. The number of ether oxygens (including phenoxy) is 1. The summed E-state index contributed by atoms with van der Waals surface area (Å²) in [5.74, 6) is 0.287. The molecule has 1 amide bonds. The number of aromatic amines is 1. The maximum atomic E-state index is 11.7. The van der Waals surface area contributed by atoms with E-state index in [4.69, 9.17) is 4.74 Å². The summed E-state index contributed by atoms with van der Waals surface area (Å²) in [5, 5.41) is 6.76. The lowest BCUT2D eigenvalue weighted by atomic mass is 10.4. The molecule has 0 radical (unpaired) electrons. The van der Waals surface area contributed by atoms with Crippen LogP contribution in [0.25, 0.3) is 0 Å². The lowest BCUT2D eigenvalue weighted by Gasteiger charge is -1.99. The number of aryl methyl sites for hydroxylation is 1. The van der Waals surface area contributed by atoms with E-state index in [-0.39, 0.29) is 5.91 Å². The summed E-state index contributed by atoms with van der Waals surface area (Å²) in [4.78, 5) is 18.5. The molecule has 0 spiro atoms. The maximum Gasteiger partial charge on any atom is 0.272 e. The molecular formula is C10H13N5O2. The number of rotatable bonds is 4. The molecule has 2 heterocycles.